The molecule has 0 heterocycles. The zero-order valence-corrected chi connectivity index (χ0v) is 14.6. The van der Waals surface area contributed by atoms with Crippen LogP contribution in [0.2, 0.25) is 0 Å². The number of aryl methyl sites for hydroxylation is 1. The molecule has 0 atom stereocenters. The molecule has 0 saturated heterocycles. The molecule has 0 fully saturated rings. The van der Waals surface area contributed by atoms with E-state index in [4.69, 9.17) is 5.41 Å². The van der Waals surface area contributed by atoms with Gasteiger partial charge < -0.3 is 5.41 Å². The lowest BCUT2D eigenvalue weighted by Crippen LogP contribution is -1.94. The van der Waals surface area contributed by atoms with E-state index in [9.17, 15) is 4.39 Å². The summed E-state index contributed by atoms with van der Waals surface area (Å²) >= 11 is 0. The number of hydrogen-bond donors (Lipinski definition) is 1. The smallest absolute Gasteiger partial charge is 0.126 e. The van der Waals surface area contributed by atoms with Crippen LogP contribution in [-0.4, -0.2) is 11.9 Å². The van der Waals surface area contributed by atoms with Crippen molar-refractivity contribution in [1.29, 1.82) is 5.41 Å². The van der Waals surface area contributed by atoms with Crippen LogP contribution in [0.3, 0.4) is 0 Å². The molecular formula is C20H25FN2. The molecule has 0 aliphatic heterocycles. The second-order valence-electron chi connectivity index (χ2n) is 5.60. The minimum atomic E-state index is -0.223. The number of nitrogens with zero attached hydrogens (tertiary/aromatic N) is 1. The van der Waals surface area contributed by atoms with Crippen LogP contribution in [0, 0.1) is 18.2 Å². The van der Waals surface area contributed by atoms with E-state index >= 15 is 0 Å². The number of benzene rings is 1. The van der Waals surface area contributed by atoms with Crippen LogP contribution >= 0.6 is 0 Å². The average molecular weight is 312 g/mol. The summed E-state index contributed by atoms with van der Waals surface area (Å²) in [4.78, 5) is 4.49. The van der Waals surface area contributed by atoms with E-state index in [2.05, 4.69) is 24.9 Å². The van der Waals surface area contributed by atoms with Crippen molar-refractivity contribution in [3.8, 4) is 0 Å². The van der Waals surface area contributed by atoms with Gasteiger partial charge in [0.25, 0.3) is 0 Å². The zero-order chi connectivity index (χ0) is 17.4. The fraction of sp³-hybridized carbons (Fsp3) is 0.300. The van der Waals surface area contributed by atoms with Crippen LogP contribution in [0.15, 0.2) is 52.7 Å². The highest BCUT2D eigenvalue weighted by atomic mass is 19.1. The second-order valence-corrected chi connectivity index (χ2v) is 5.60. The molecule has 0 radical (unpaired) electrons. The van der Waals surface area contributed by atoms with E-state index in [1.165, 1.54) is 17.9 Å². The van der Waals surface area contributed by atoms with Gasteiger partial charge in [-0.05, 0) is 69.0 Å². The topological polar surface area (TPSA) is 36.2 Å². The Kier molecular flexibility index (Phi) is 7.33. The third-order valence-electron chi connectivity index (χ3n) is 3.68. The van der Waals surface area contributed by atoms with Crippen molar-refractivity contribution in [3.05, 3.63) is 64.6 Å². The first-order valence-electron chi connectivity index (χ1n) is 7.76. The molecule has 0 saturated carbocycles. The number of nitrogens with one attached hydrogen (secondary N) is 1. The van der Waals surface area contributed by atoms with Gasteiger partial charge in [-0.2, -0.15) is 0 Å². The maximum atomic E-state index is 13.4. The van der Waals surface area contributed by atoms with Crippen molar-refractivity contribution in [2.45, 2.75) is 41.0 Å². The summed E-state index contributed by atoms with van der Waals surface area (Å²) in [6.45, 7) is 9.73. The Labute approximate surface area is 138 Å². The van der Waals surface area contributed by atoms with E-state index in [1.807, 2.05) is 26.0 Å². The summed E-state index contributed by atoms with van der Waals surface area (Å²) in [5, 5.41) is 7.60. The van der Waals surface area contributed by atoms with Gasteiger partial charge in [-0.3, -0.25) is 4.99 Å². The predicted octanol–water partition coefficient (Wildman–Crippen LogP) is 5.89. The Balaban J connectivity index is 3.12. The highest BCUT2D eigenvalue weighted by Crippen LogP contribution is 2.21. The van der Waals surface area contributed by atoms with Crippen LogP contribution < -0.4 is 0 Å². The van der Waals surface area contributed by atoms with Crippen LogP contribution in [0.5, 0.6) is 0 Å². The van der Waals surface area contributed by atoms with Gasteiger partial charge in [0.1, 0.15) is 5.82 Å². The normalized spacial score (nSPS) is 14.2. The lowest BCUT2D eigenvalue weighted by atomic mass is 10.0. The van der Waals surface area contributed by atoms with Gasteiger partial charge in [-0.25, -0.2) is 4.39 Å². The Bertz CT molecular complexity index is 692. The van der Waals surface area contributed by atoms with E-state index in [0.717, 1.165) is 23.3 Å². The molecular weight excluding hydrogens is 287 g/mol. The van der Waals surface area contributed by atoms with Crippen LogP contribution in [0.25, 0.3) is 5.57 Å². The zero-order valence-electron chi connectivity index (χ0n) is 14.6. The first-order valence-corrected chi connectivity index (χ1v) is 7.76. The summed E-state index contributed by atoms with van der Waals surface area (Å²) in [5.41, 5.74) is 5.03. The minimum Gasteiger partial charge on any atom is -0.306 e. The highest BCUT2D eigenvalue weighted by Gasteiger charge is 2.05. The first kappa shape index (κ1) is 18.8. The van der Waals surface area contributed by atoms with Gasteiger partial charge in [0.05, 0.1) is 5.70 Å². The van der Waals surface area contributed by atoms with Crippen molar-refractivity contribution < 1.29 is 4.39 Å². The molecule has 0 aliphatic rings. The van der Waals surface area contributed by atoms with Gasteiger partial charge in [0.15, 0.2) is 0 Å². The fourth-order valence-electron chi connectivity index (χ4n) is 1.95. The van der Waals surface area contributed by atoms with Gasteiger partial charge in [-0.1, -0.05) is 30.7 Å². The number of allylic oxidation sites excluding steroid dienone is 6. The number of aliphatic imine (C=N–C) groups is 1. The maximum absolute atomic E-state index is 13.4. The van der Waals surface area contributed by atoms with Gasteiger partial charge >= 0.3 is 0 Å². The third kappa shape index (κ3) is 5.78. The van der Waals surface area contributed by atoms with Gasteiger partial charge in [-0.15, -0.1) is 0 Å². The van der Waals surface area contributed by atoms with Crippen LogP contribution in [-0.2, 0) is 0 Å². The molecule has 23 heavy (non-hydrogen) atoms. The summed E-state index contributed by atoms with van der Waals surface area (Å²) in [7, 11) is 0. The van der Waals surface area contributed by atoms with E-state index < -0.39 is 0 Å². The van der Waals surface area contributed by atoms with Crippen molar-refractivity contribution in [2.75, 3.05) is 0 Å². The molecule has 0 unspecified atom stereocenters. The quantitative estimate of drug-likeness (QED) is 0.502. The SMILES string of the molecule is CC/C(C)=C/C=C\C(C)=N/C(C=N)=C(\C)c1ccc(F)c(C)c1. The van der Waals surface area contributed by atoms with E-state index in [1.54, 1.807) is 19.1 Å². The maximum Gasteiger partial charge on any atom is 0.126 e. The Hall–Kier alpha value is -2.29. The standard InChI is InChI=1S/C20H25FN2/c1-6-14(2)8-7-9-16(4)23-20(13-22)17(5)18-10-11-19(21)15(3)12-18/h7-13,22H,6H2,1-5H3/b9-7-,14-8+,20-17+,22-13?,23-16-. The van der Waals surface area contributed by atoms with Gasteiger partial charge in [0.2, 0.25) is 0 Å². The Morgan fingerprint density at radius 2 is 1.96 bits per heavy atom. The van der Waals surface area contributed by atoms with Crippen LogP contribution in [0.4, 0.5) is 4.39 Å². The molecule has 0 spiro atoms. The lowest BCUT2D eigenvalue weighted by Gasteiger charge is -2.07. The van der Waals surface area contributed by atoms with E-state index in [-0.39, 0.29) is 5.82 Å². The fourth-order valence-corrected chi connectivity index (χ4v) is 1.95. The Morgan fingerprint density at radius 3 is 2.52 bits per heavy atom. The molecule has 0 amide bonds. The van der Waals surface area contributed by atoms with E-state index in [0.29, 0.717) is 11.3 Å². The van der Waals surface area contributed by atoms with Crippen molar-refractivity contribution in [1.82, 2.24) is 0 Å². The molecule has 3 heteroatoms. The molecule has 0 bridgehead atoms. The molecule has 1 aromatic rings. The number of hydrogen-bond acceptors (Lipinski definition) is 2. The number of rotatable bonds is 6. The summed E-state index contributed by atoms with van der Waals surface area (Å²) in [5.74, 6) is -0.223. The first-order chi connectivity index (χ1) is 10.9. The summed E-state index contributed by atoms with van der Waals surface area (Å²) in [6, 6.07) is 4.95. The third-order valence-corrected chi connectivity index (χ3v) is 3.68. The lowest BCUT2D eigenvalue weighted by molar-refractivity contribution is 0.618. The minimum absolute atomic E-state index is 0.223. The van der Waals surface area contributed by atoms with Crippen LogP contribution in [0.1, 0.15) is 45.2 Å². The second kappa shape index (κ2) is 8.99. The molecule has 0 aromatic heterocycles. The number of halogens is 1. The summed E-state index contributed by atoms with van der Waals surface area (Å²) in [6.07, 6.45) is 8.21. The molecule has 1 rings (SSSR count). The molecule has 2 nitrogen and oxygen atoms in total. The Morgan fingerprint density at radius 1 is 1.26 bits per heavy atom. The molecule has 1 aromatic carbocycles. The summed E-state index contributed by atoms with van der Waals surface area (Å²) < 4.78 is 13.4. The van der Waals surface area contributed by atoms with Crippen molar-refractivity contribution in [2.24, 2.45) is 4.99 Å². The largest absolute Gasteiger partial charge is 0.306 e. The van der Waals surface area contributed by atoms with Crippen molar-refractivity contribution >= 4 is 17.5 Å². The molecule has 122 valence electrons. The molecule has 1 N–H and O–H groups in total. The highest BCUT2D eigenvalue weighted by molar-refractivity contribution is 5.99. The predicted molar refractivity (Wildman–Crippen MR) is 98.8 cm³/mol. The average Bonchev–Trinajstić information content (AvgIpc) is 2.54. The van der Waals surface area contributed by atoms with Crippen molar-refractivity contribution in [3.63, 3.8) is 0 Å². The molecule has 0 aliphatic carbocycles. The van der Waals surface area contributed by atoms with Gasteiger partial charge in [0, 0.05) is 11.9 Å². The monoisotopic (exact) mass is 312 g/mol.